The van der Waals surface area contributed by atoms with Gasteiger partial charge in [-0.3, -0.25) is 14.4 Å². The molecule has 0 fully saturated rings. The van der Waals surface area contributed by atoms with Crippen LogP contribution in [0.15, 0.2) is 0 Å². The van der Waals surface area contributed by atoms with Crippen LogP contribution < -0.4 is 0 Å². The van der Waals surface area contributed by atoms with Crippen LogP contribution in [0.25, 0.3) is 0 Å². The molecule has 70 heavy (non-hydrogen) atoms. The molecule has 0 saturated heterocycles. The lowest BCUT2D eigenvalue weighted by Crippen LogP contribution is -2.30. The maximum absolute atomic E-state index is 12.9. The van der Waals surface area contributed by atoms with E-state index >= 15 is 0 Å². The molecule has 0 rings (SSSR count). The quantitative estimate of drug-likeness (QED) is 0.0343. The fourth-order valence-electron chi connectivity index (χ4n) is 10.0. The molecule has 0 aromatic heterocycles. The van der Waals surface area contributed by atoms with Gasteiger partial charge in [-0.1, -0.05) is 335 Å². The Labute approximate surface area is 438 Å². The molecule has 6 heteroatoms. The van der Waals surface area contributed by atoms with Crippen molar-refractivity contribution in [3.05, 3.63) is 0 Å². The summed E-state index contributed by atoms with van der Waals surface area (Å²) in [5.74, 6) is -0.831. The fourth-order valence-corrected chi connectivity index (χ4v) is 10.0. The number of rotatable bonds is 60. The van der Waals surface area contributed by atoms with E-state index in [1.807, 2.05) is 0 Å². The molecular weight excluding hydrogens is 865 g/mol. The van der Waals surface area contributed by atoms with Gasteiger partial charge in [-0.25, -0.2) is 0 Å². The Bertz CT molecular complexity index is 1040. The lowest BCUT2D eigenvalue weighted by molar-refractivity contribution is -0.167. The highest BCUT2D eigenvalue weighted by atomic mass is 16.6. The summed E-state index contributed by atoms with van der Waals surface area (Å²) in [6, 6.07) is 0. The van der Waals surface area contributed by atoms with Gasteiger partial charge in [0.1, 0.15) is 13.2 Å². The molecule has 0 amide bonds. The van der Waals surface area contributed by atoms with Gasteiger partial charge in [-0.2, -0.15) is 0 Å². The zero-order chi connectivity index (χ0) is 50.7. The van der Waals surface area contributed by atoms with Gasteiger partial charge < -0.3 is 14.2 Å². The number of ether oxygens (including phenoxy) is 3. The van der Waals surface area contributed by atoms with Crippen molar-refractivity contribution in [3.63, 3.8) is 0 Å². The third kappa shape index (κ3) is 57.3. The highest BCUT2D eigenvalue weighted by molar-refractivity contribution is 5.71. The summed E-state index contributed by atoms with van der Waals surface area (Å²) in [4.78, 5) is 38.2. The second-order valence-electron chi connectivity index (χ2n) is 22.1. The van der Waals surface area contributed by atoms with E-state index in [0.29, 0.717) is 19.3 Å². The van der Waals surface area contributed by atoms with Crippen molar-refractivity contribution in [2.75, 3.05) is 13.2 Å². The van der Waals surface area contributed by atoms with E-state index in [1.54, 1.807) is 0 Å². The molecule has 0 aromatic rings. The highest BCUT2D eigenvalue weighted by Gasteiger charge is 2.19. The van der Waals surface area contributed by atoms with Gasteiger partial charge in [0.2, 0.25) is 0 Å². The zero-order valence-corrected chi connectivity index (χ0v) is 47.8. The number of esters is 3. The lowest BCUT2D eigenvalue weighted by Gasteiger charge is -2.18. The summed E-state index contributed by atoms with van der Waals surface area (Å²) in [6.07, 6.45) is 68.4. The normalized spacial score (nSPS) is 11.9. The first kappa shape index (κ1) is 68.4. The third-order valence-electron chi connectivity index (χ3n) is 14.9. The van der Waals surface area contributed by atoms with Crippen molar-refractivity contribution >= 4 is 17.9 Å². The van der Waals surface area contributed by atoms with Crippen molar-refractivity contribution in [1.82, 2.24) is 0 Å². The van der Waals surface area contributed by atoms with Crippen molar-refractivity contribution in [2.24, 2.45) is 0 Å². The fraction of sp³-hybridized carbons (Fsp3) is 0.953. The van der Waals surface area contributed by atoms with E-state index in [4.69, 9.17) is 14.2 Å². The van der Waals surface area contributed by atoms with Crippen LogP contribution in [0.3, 0.4) is 0 Å². The van der Waals surface area contributed by atoms with Crippen LogP contribution in [0.5, 0.6) is 0 Å². The summed E-state index contributed by atoms with van der Waals surface area (Å²) in [7, 11) is 0. The Morgan fingerprint density at radius 1 is 0.229 bits per heavy atom. The monoisotopic (exact) mass is 989 g/mol. The topological polar surface area (TPSA) is 78.9 Å². The van der Waals surface area contributed by atoms with Gasteiger partial charge in [-0.05, 0) is 19.3 Å². The minimum Gasteiger partial charge on any atom is -0.462 e. The standard InChI is InChI=1S/C64H124O6/c1-4-7-10-13-16-19-22-24-26-28-29-30-31-32-33-34-35-36-37-39-40-42-45-48-51-54-57-63(66)69-60-61(59-68-62(65)56-53-50-47-44-21-18-15-12-9-6-3)70-64(67)58-55-52-49-46-43-41-38-27-25-23-20-17-14-11-8-5-2/h61H,4-60H2,1-3H3. The minimum absolute atomic E-state index is 0.0610. The number of hydrogen-bond acceptors (Lipinski definition) is 6. The Hall–Kier alpha value is -1.59. The Balaban J connectivity index is 4.11. The summed E-state index contributed by atoms with van der Waals surface area (Å²) >= 11 is 0. The molecule has 1 atom stereocenters. The second kappa shape index (κ2) is 60.0. The maximum atomic E-state index is 12.9. The SMILES string of the molecule is CCCCCCCCCCCCCCCCCCCCCCCCCCCCC(=O)OCC(COC(=O)CCCCCCCCCCCC)OC(=O)CCCCCCCCCCCCCCCCCC. The van der Waals surface area contributed by atoms with Crippen LogP contribution in [0.2, 0.25) is 0 Å². The van der Waals surface area contributed by atoms with E-state index in [2.05, 4.69) is 20.8 Å². The van der Waals surface area contributed by atoms with Crippen molar-refractivity contribution in [1.29, 1.82) is 0 Å². The number of unbranched alkanes of at least 4 members (excludes halogenated alkanes) is 49. The Kier molecular flexibility index (Phi) is 58.6. The Morgan fingerprint density at radius 3 is 0.571 bits per heavy atom. The Morgan fingerprint density at radius 2 is 0.386 bits per heavy atom. The van der Waals surface area contributed by atoms with E-state index in [-0.39, 0.29) is 31.1 Å². The molecule has 0 saturated carbocycles. The number of carbonyl (C=O) groups is 3. The summed E-state index contributed by atoms with van der Waals surface area (Å²) in [5, 5.41) is 0. The minimum atomic E-state index is -0.761. The van der Waals surface area contributed by atoms with Crippen molar-refractivity contribution in [3.8, 4) is 0 Å². The zero-order valence-electron chi connectivity index (χ0n) is 47.8. The van der Waals surface area contributed by atoms with Gasteiger partial charge in [-0.15, -0.1) is 0 Å². The van der Waals surface area contributed by atoms with Crippen LogP contribution in [-0.4, -0.2) is 37.2 Å². The van der Waals surface area contributed by atoms with Gasteiger partial charge in [0.15, 0.2) is 6.10 Å². The molecule has 0 aliphatic carbocycles. The summed E-state index contributed by atoms with van der Waals surface area (Å²) < 4.78 is 16.9. The van der Waals surface area contributed by atoms with Gasteiger partial charge >= 0.3 is 17.9 Å². The van der Waals surface area contributed by atoms with Gasteiger partial charge in [0.05, 0.1) is 0 Å². The maximum Gasteiger partial charge on any atom is 0.306 e. The summed E-state index contributed by atoms with van der Waals surface area (Å²) in [5.41, 5.74) is 0. The molecular formula is C64H124O6. The predicted octanol–water partition coefficient (Wildman–Crippen LogP) is 21.5. The first-order valence-corrected chi connectivity index (χ1v) is 32.0. The van der Waals surface area contributed by atoms with Crippen molar-refractivity contribution in [2.45, 2.75) is 380 Å². The largest absolute Gasteiger partial charge is 0.462 e. The molecule has 0 spiro atoms. The van der Waals surface area contributed by atoms with E-state index < -0.39 is 6.10 Å². The first-order chi connectivity index (χ1) is 34.5. The molecule has 0 aliphatic rings. The first-order valence-electron chi connectivity index (χ1n) is 32.0. The lowest BCUT2D eigenvalue weighted by atomic mass is 10.0. The molecule has 416 valence electrons. The molecule has 0 aromatic carbocycles. The van der Waals surface area contributed by atoms with Crippen LogP contribution >= 0.6 is 0 Å². The molecule has 6 nitrogen and oxygen atoms in total. The highest BCUT2D eigenvalue weighted by Crippen LogP contribution is 2.19. The molecule has 0 aliphatic heterocycles. The molecule has 0 radical (unpaired) electrons. The van der Waals surface area contributed by atoms with Gasteiger partial charge in [0.25, 0.3) is 0 Å². The predicted molar refractivity (Wildman–Crippen MR) is 303 cm³/mol. The van der Waals surface area contributed by atoms with E-state index in [1.165, 1.54) is 276 Å². The van der Waals surface area contributed by atoms with Crippen LogP contribution in [0.4, 0.5) is 0 Å². The molecule has 0 heterocycles. The van der Waals surface area contributed by atoms with Crippen LogP contribution in [0.1, 0.15) is 374 Å². The average Bonchev–Trinajstić information content (AvgIpc) is 3.36. The van der Waals surface area contributed by atoms with E-state index in [0.717, 1.165) is 57.8 Å². The second-order valence-corrected chi connectivity index (χ2v) is 22.1. The molecule has 0 N–H and O–H groups in total. The number of carbonyl (C=O) groups excluding carboxylic acids is 3. The molecule has 1 unspecified atom stereocenters. The van der Waals surface area contributed by atoms with Crippen LogP contribution in [-0.2, 0) is 28.6 Å². The van der Waals surface area contributed by atoms with E-state index in [9.17, 15) is 14.4 Å². The smallest absolute Gasteiger partial charge is 0.306 e. The molecule has 0 bridgehead atoms. The van der Waals surface area contributed by atoms with Gasteiger partial charge in [0, 0.05) is 19.3 Å². The number of hydrogen-bond donors (Lipinski definition) is 0. The third-order valence-corrected chi connectivity index (χ3v) is 14.9. The van der Waals surface area contributed by atoms with Crippen molar-refractivity contribution < 1.29 is 28.6 Å². The van der Waals surface area contributed by atoms with Crippen LogP contribution in [0, 0.1) is 0 Å². The average molecular weight is 990 g/mol. The summed E-state index contributed by atoms with van der Waals surface area (Å²) in [6.45, 7) is 6.71.